The summed E-state index contributed by atoms with van der Waals surface area (Å²) in [4.78, 5) is 4.03. The number of aromatic nitrogens is 1. The highest BCUT2D eigenvalue weighted by atomic mass is 19.1. The molecule has 0 aliphatic heterocycles. The second kappa shape index (κ2) is 5.66. The Bertz CT molecular complexity index is 663. The van der Waals surface area contributed by atoms with Crippen LogP contribution in [0.25, 0.3) is 0 Å². The molecule has 22 heavy (non-hydrogen) atoms. The normalized spacial score (nSPS) is 24.8. The second-order valence-corrected chi connectivity index (χ2v) is 5.87. The van der Waals surface area contributed by atoms with Crippen molar-refractivity contribution in [1.29, 1.82) is 0 Å². The van der Waals surface area contributed by atoms with Crippen molar-refractivity contribution >= 4 is 0 Å². The van der Waals surface area contributed by atoms with Gasteiger partial charge >= 0.3 is 0 Å². The third-order valence-electron chi connectivity index (χ3n) is 4.18. The predicted octanol–water partition coefficient (Wildman–Crippen LogP) is 2.35. The summed E-state index contributed by atoms with van der Waals surface area (Å²) in [5.74, 6) is -0.228. The smallest absolute Gasteiger partial charge is 0.218 e. The van der Waals surface area contributed by atoms with Crippen LogP contribution in [0.1, 0.15) is 24.5 Å². The number of pyridine rings is 1. The van der Waals surface area contributed by atoms with Crippen LogP contribution in [0.15, 0.2) is 42.6 Å². The molecule has 0 radical (unpaired) electrons. The van der Waals surface area contributed by atoms with Crippen LogP contribution in [-0.2, 0) is 12.1 Å². The summed E-state index contributed by atoms with van der Waals surface area (Å²) < 4.78 is 19.3. The average molecular weight is 302 g/mol. The molecule has 0 bridgehead atoms. The molecule has 116 valence electrons. The van der Waals surface area contributed by atoms with E-state index in [4.69, 9.17) is 10.5 Å². The van der Waals surface area contributed by atoms with Gasteiger partial charge in [-0.15, -0.1) is 0 Å². The Labute approximate surface area is 128 Å². The van der Waals surface area contributed by atoms with E-state index >= 15 is 0 Å². The van der Waals surface area contributed by atoms with Gasteiger partial charge in [-0.05, 0) is 25.0 Å². The van der Waals surface area contributed by atoms with Crippen molar-refractivity contribution in [2.45, 2.75) is 31.6 Å². The second-order valence-electron chi connectivity index (χ2n) is 5.87. The molecule has 3 rings (SSSR count). The number of benzene rings is 1. The first-order chi connectivity index (χ1) is 10.5. The topological polar surface area (TPSA) is 68.4 Å². The summed E-state index contributed by atoms with van der Waals surface area (Å²) in [5, 5.41) is 9.72. The fourth-order valence-corrected chi connectivity index (χ4v) is 2.82. The maximum absolute atomic E-state index is 13.6. The number of nitrogens with two attached hydrogens (primary N) is 1. The molecule has 1 aliphatic rings. The molecule has 0 spiro atoms. The van der Waals surface area contributed by atoms with Crippen LogP contribution in [-0.4, -0.2) is 16.2 Å². The van der Waals surface area contributed by atoms with Crippen LogP contribution in [0, 0.1) is 11.7 Å². The van der Waals surface area contributed by atoms with E-state index in [-0.39, 0.29) is 5.92 Å². The Hall–Kier alpha value is -1.98. The summed E-state index contributed by atoms with van der Waals surface area (Å²) in [6.07, 6.45) is 1.17. The fourth-order valence-electron chi connectivity index (χ4n) is 2.82. The molecule has 0 saturated heterocycles. The first-order valence-electron chi connectivity index (χ1n) is 7.30. The Balaban J connectivity index is 1.83. The lowest BCUT2D eigenvalue weighted by atomic mass is 10.0. The number of hydrogen-bond acceptors (Lipinski definition) is 4. The van der Waals surface area contributed by atoms with E-state index in [2.05, 4.69) is 4.98 Å². The highest BCUT2D eigenvalue weighted by Gasteiger charge is 2.56. The van der Waals surface area contributed by atoms with Crippen molar-refractivity contribution in [3.05, 3.63) is 59.5 Å². The summed E-state index contributed by atoms with van der Waals surface area (Å²) in [6.45, 7) is 2.03. The third kappa shape index (κ3) is 2.82. The Morgan fingerprint density at radius 2 is 2.18 bits per heavy atom. The monoisotopic (exact) mass is 302 g/mol. The molecule has 1 heterocycles. The highest BCUT2D eigenvalue weighted by molar-refractivity contribution is 5.40. The maximum atomic E-state index is 13.6. The molecule has 5 heteroatoms. The Kier molecular flexibility index (Phi) is 3.85. The van der Waals surface area contributed by atoms with Gasteiger partial charge in [-0.3, -0.25) is 0 Å². The first-order valence-corrected chi connectivity index (χ1v) is 7.30. The Morgan fingerprint density at radius 1 is 1.45 bits per heavy atom. The van der Waals surface area contributed by atoms with Crippen molar-refractivity contribution in [2.24, 2.45) is 11.7 Å². The van der Waals surface area contributed by atoms with Crippen molar-refractivity contribution in [1.82, 2.24) is 4.98 Å². The molecule has 2 aromatic rings. The minimum absolute atomic E-state index is 0.102. The van der Waals surface area contributed by atoms with Crippen molar-refractivity contribution in [3.8, 4) is 5.88 Å². The van der Waals surface area contributed by atoms with Crippen LogP contribution >= 0.6 is 0 Å². The average Bonchev–Trinajstić information content (AvgIpc) is 3.21. The van der Waals surface area contributed by atoms with E-state index in [0.29, 0.717) is 24.5 Å². The van der Waals surface area contributed by atoms with Gasteiger partial charge in [0.25, 0.3) is 0 Å². The molecule has 4 nitrogen and oxygen atoms in total. The SMILES string of the molecule is CC(O)C1CC1(N)c1cc(F)cnc1OCc1ccccc1. The van der Waals surface area contributed by atoms with Gasteiger partial charge in [0.05, 0.1) is 17.8 Å². The molecule has 1 aromatic heterocycles. The zero-order chi connectivity index (χ0) is 15.7. The summed E-state index contributed by atoms with van der Waals surface area (Å²) in [7, 11) is 0. The standard InChI is InChI=1S/C17H19FN2O2/c1-11(21)15-8-17(15,19)14-7-13(18)9-20-16(14)22-10-12-5-3-2-4-6-12/h2-7,9,11,15,21H,8,10,19H2,1H3. The Morgan fingerprint density at radius 3 is 2.82 bits per heavy atom. The quantitative estimate of drug-likeness (QED) is 0.889. The number of nitrogens with zero attached hydrogens (tertiary/aromatic N) is 1. The van der Waals surface area contributed by atoms with Crippen LogP contribution in [0.3, 0.4) is 0 Å². The number of aliphatic hydroxyl groups excluding tert-OH is 1. The van der Waals surface area contributed by atoms with Crippen molar-refractivity contribution < 1.29 is 14.2 Å². The molecular formula is C17H19FN2O2. The van der Waals surface area contributed by atoms with Gasteiger partial charge in [0.15, 0.2) is 0 Å². The van der Waals surface area contributed by atoms with E-state index in [1.807, 2.05) is 30.3 Å². The van der Waals surface area contributed by atoms with Gasteiger partial charge in [0, 0.05) is 11.5 Å². The van der Waals surface area contributed by atoms with Crippen LogP contribution in [0.2, 0.25) is 0 Å². The lowest BCUT2D eigenvalue weighted by Crippen LogP contribution is -2.27. The van der Waals surface area contributed by atoms with E-state index in [9.17, 15) is 9.50 Å². The number of halogens is 1. The van der Waals surface area contributed by atoms with Crippen molar-refractivity contribution in [3.63, 3.8) is 0 Å². The molecule has 1 aliphatic carbocycles. The summed E-state index contributed by atoms with van der Waals surface area (Å²) in [5.41, 5.74) is 7.05. The molecular weight excluding hydrogens is 283 g/mol. The minimum Gasteiger partial charge on any atom is -0.473 e. The van der Waals surface area contributed by atoms with E-state index in [0.717, 1.165) is 11.8 Å². The number of rotatable bonds is 5. The van der Waals surface area contributed by atoms with Gasteiger partial charge in [-0.1, -0.05) is 30.3 Å². The van der Waals surface area contributed by atoms with Gasteiger partial charge in [0.2, 0.25) is 5.88 Å². The number of hydrogen-bond donors (Lipinski definition) is 2. The minimum atomic E-state index is -0.769. The highest BCUT2D eigenvalue weighted by Crippen LogP contribution is 2.53. The predicted molar refractivity (Wildman–Crippen MR) is 80.6 cm³/mol. The summed E-state index contributed by atoms with van der Waals surface area (Å²) in [6, 6.07) is 11.0. The van der Waals surface area contributed by atoms with E-state index in [1.54, 1.807) is 6.92 Å². The van der Waals surface area contributed by atoms with Gasteiger partial charge in [0.1, 0.15) is 12.4 Å². The molecule has 1 saturated carbocycles. The molecule has 0 amide bonds. The zero-order valence-corrected chi connectivity index (χ0v) is 12.4. The molecule has 1 aromatic carbocycles. The third-order valence-corrected chi connectivity index (χ3v) is 4.18. The van der Waals surface area contributed by atoms with Crippen LogP contribution in [0.5, 0.6) is 5.88 Å². The van der Waals surface area contributed by atoms with E-state index in [1.165, 1.54) is 6.07 Å². The molecule has 3 N–H and O–H groups in total. The lowest BCUT2D eigenvalue weighted by molar-refractivity contribution is 0.160. The number of aliphatic hydroxyl groups is 1. The lowest BCUT2D eigenvalue weighted by Gasteiger charge is -2.17. The zero-order valence-electron chi connectivity index (χ0n) is 12.4. The molecule has 3 unspecified atom stereocenters. The van der Waals surface area contributed by atoms with Crippen molar-refractivity contribution in [2.75, 3.05) is 0 Å². The molecule has 1 fully saturated rings. The summed E-state index contributed by atoms with van der Waals surface area (Å²) >= 11 is 0. The number of ether oxygens (including phenoxy) is 1. The first kappa shape index (κ1) is 14.9. The largest absolute Gasteiger partial charge is 0.473 e. The van der Waals surface area contributed by atoms with Crippen LogP contribution in [0.4, 0.5) is 4.39 Å². The molecule has 3 atom stereocenters. The maximum Gasteiger partial charge on any atom is 0.218 e. The van der Waals surface area contributed by atoms with E-state index < -0.39 is 17.5 Å². The van der Waals surface area contributed by atoms with Gasteiger partial charge in [-0.25, -0.2) is 9.37 Å². The van der Waals surface area contributed by atoms with Gasteiger partial charge < -0.3 is 15.6 Å². The van der Waals surface area contributed by atoms with Gasteiger partial charge in [-0.2, -0.15) is 0 Å². The van der Waals surface area contributed by atoms with Crippen LogP contribution < -0.4 is 10.5 Å². The fraction of sp³-hybridized carbons (Fsp3) is 0.353.